The van der Waals surface area contributed by atoms with Crippen LogP contribution >= 0.6 is 0 Å². The number of fused-ring (bicyclic) bond motifs is 1. The molecule has 0 fully saturated rings. The fourth-order valence-electron chi connectivity index (χ4n) is 2.77. The molecule has 0 spiro atoms. The van der Waals surface area contributed by atoms with Crippen molar-refractivity contribution in [2.45, 2.75) is 18.5 Å². The first-order valence-electron chi connectivity index (χ1n) is 7.77. The first-order valence-corrected chi connectivity index (χ1v) is 9.48. The minimum atomic E-state index is -4.70. The van der Waals surface area contributed by atoms with E-state index in [1.807, 2.05) is 0 Å². The zero-order valence-corrected chi connectivity index (χ0v) is 14.7. The Bertz CT molecular complexity index is 1210. The van der Waals surface area contributed by atoms with Crippen LogP contribution in [0.3, 0.4) is 0 Å². The molecule has 11 heteroatoms. The van der Waals surface area contributed by atoms with Gasteiger partial charge in [-0.05, 0) is 30.3 Å². The number of nitrogens with zero attached hydrogens (tertiary/aromatic N) is 1. The first-order chi connectivity index (χ1) is 12.6. The van der Waals surface area contributed by atoms with Crippen LogP contribution in [0.5, 0.6) is 0 Å². The summed E-state index contributed by atoms with van der Waals surface area (Å²) in [6.45, 7) is 1.34. The molecule has 3 rings (SSSR count). The predicted octanol–water partition coefficient (Wildman–Crippen LogP) is 2.02. The Kier molecular flexibility index (Phi) is 4.50. The summed E-state index contributed by atoms with van der Waals surface area (Å²) in [7, 11) is -4.00. The molecule has 7 nitrogen and oxygen atoms in total. The van der Waals surface area contributed by atoms with Gasteiger partial charge in [-0.3, -0.25) is 4.79 Å². The lowest BCUT2D eigenvalue weighted by Gasteiger charge is -2.18. The molecule has 0 aliphatic rings. The molecular weight excluding hydrogens is 387 g/mol. The molecule has 2 N–H and O–H groups in total. The molecule has 0 amide bonds. The highest BCUT2D eigenvalue weighted by molar-refractivity contribution is 7.91. The van der Waals surface area contributed by atoms with Gasteiger partial charge in [0.05, 0.1) is 22.2 Å². The quantitative estimate of drug-likeness (QED) is 0.698. The summed E-state index contributed by atoms with van der Waals surface area (Å²) in [5.41, 5.74) is -3.31. The Morgan fingerprint density at radius 2 is 1.89 bits per heavy atom. The molecule has 0 aliphatic heterocycles. The van der Waals surface area contributed by atoms with E-state index >= 15 is 0 Å². The van der Waals surface area contributed by atoms with Crippen molar-refractivity contribution in [3.05, 3.63) is 68.6 Å². The average Bonchev–Trinajstić information content (AvgIpc) is 3.11. The van der Waals surface area contributed by atoms with Crippen LogP contribution in [0.2, 0.25) is 0 Å². The Morgan fingerprint density at radius 1 is 1.19 bits per heavy atom. The number of benzene rings is 1. The number of aromatic amines is 2. The second-order valence-corrected chi connectivity index (χ2v) is 8.14. The van der Waals surface area contributed by atoms with Crippen molar-refractivity contribution in [3.8, 4) is 0 Å². The van der Waals surface area contributed by atoms with Crippen LogP contribution in [0.15, 0.2) is 46.1 Å². The molecule has 1 aromatic carbocycles. The summed E-state index contributed by atoms with van der Waals surface area (Å²) in [4.78, 5) is 30.2. The predicted molar refractivity (Wildman–Crippen MR) is 92.2 cm³/mol. The smallest absolute Gasteiger partial charge is 0.362 e. The number of hydrogen-bond acceptors (Lipinski definition) is 4. The van der Waals surface area contributed by atoms with Gasteiger partial charge in [0, 0.05) is 11.9 Å². The van der Waals surface area contributed by atoms with E-state index in [0.717, 1.165) is 12.1 Å². The molecule has 0 radical (unpaired) electrons. The van der Waals surface area contributed by atoms with E-state index in [1.54, 1.807) is 0 Å². The normalized spacial score (nSPS) is 13.8. The van der Waals surface area contributed by atoms with E-state index in [0.29, 0.717) is 10.6 Å². The van der Waals surface area contributed by atoms with Crippen LogP contribution in [-0.2, 0) is 16.0 Å². The Labute approximate surface area is 150 Å². The molecule has 0 saturated carbocycles. The molecule has 2 aromatic heterocycles. The maximum atomic E-state index is 13.0. The number of aromatic nitrogens is 3. The van der Waals surface area contributed by atoms with Gasteiger partial charge in [0.1, 0.15) is 0 Å². The highest BCUT2D eigenvalue weighted by Gasteiger charge is 2.33. The number of halogens is 3. The average molecular weight is 401 g/mol. The molecule has 0 aliphatic carbocycles. The molecule has 2 heterocycles. The van der Waals surface area contributed by atoms with E-state index in [1.165, 1.54) is 25.3 Å². The summed E-state index contributed by atoms with van der Waals surface area (Å²) in [6, 6.07) is 5.14. The van der Waals surface area contributed by atoms with Gasteiger partial charge in [-0.2, -0.15) is 13.2 Å². The van der Waals surface area contributed by atoms with Gasteiger partial charge in [0.2, 0.25) is 0 Å². The van der Waals surface area contributed by atoms with E-state index in [9.17, 15) is 31.2 Å². The monoisotopic (exact) mass is 401 g/mol. The summed E-state index contributed by atoms with van der Waals surface area (Å²) < 4.78 is 64.4. The highest BCUT2D eigenvalue weighted by Crippen LogP contribution is 2.30. The van der Waals surface area contributed by atoms with Gasteiger partial charge in [-0.1, -0.05) is 6.92 Å². The third-order valence-electron chi connectivity index (χ3n) is 4.12. The van der Waals surface area contributed by atoms with Gasteiger partial charge in [0.25, 0.3) is 5.56 Å². The van der Waals surface area contributed by atoms with Crippen molar-refractivity contribution in [2.75, 3.05) is 5.75 Å². The summed E-state index contributed by atoms with van der Waals surface area (Å²) in [5.74, 6) is -0.386. The maximum Gasteiger partial charge on any atom is 0.416 e. The minimum Gasteiger partial charge on any atom is -0.362 e. The second kappa shape index (κ2) is 6.41. The number of rotatable bonds is 4. The molecule has 1 atom stereocenters. The largest absolute Gasteiger partial charge is 0.416 e. The van der Waals surface area contributed by atoms with Gasteiger partial charge in [-0.15, -0.1) is 0 Å². The van der Waals surface area contributed by atoms with Crippen molar-refractivity contribution in [1.29, 1.82) is 0 Å². The Hall–Kier alpha value is -2.82. The lowest BCUT2D eigenvalue weighted by Crippen LogP contribution is -2.42. The minimum absolute atomic E-state index is 0.0516. The van der Waals surface area contributed by atoms with Crippen molar-refractivity contribution < 1.29 is 21.6 Å². The zero-order chi connectivity index (χ0) is 20.0. The fraction of sp³-hybridized carbons (Fsp3) is 0.250. The molecule has 144 valence electrons. The molecule has 0 saturated heterocycles. The standard InChI is InChI=1S/C16H14F3N3O4S/c1-2-27(25,26)14(12-4-3-7-20-12)22-13(23)10-8-9(16(17,18)19)5-6-11(10)21-15(22)24/h3-8,14,20H,2H2,1H3,(H,21,24). The van der Waals surface area contributed by atoms with Gasteiger partial charge in [-0.25, -0.2) is 17.8 Å². The van der Waals surface area contributed by atoms with Crippen molar-refractivity contribution in [1.82, 2.24) is 14.5 Å². The fourth-order valence-corrected chi connectivity index (χ4v) is 4.13. The second-order valence-electron chi connectivity index (χ2n) is 5.79. The lowest BCUT2D eigenvalue weighted by molar-refractivity contribution is -0.137. The van der Waals surface area contributed by atoms with E-state index in [-0.39, 0.29) is 17.0 Å². The van der Waals surface area contributed by atoms with Gasteiger partial charge in [0.15, 0.2) is 15.2 Å². The molecule has 1 unspecified atom stereocenters. The molecule has 27 heavy (non-hydrogen) atoms. The van der Waals surface area contributed by atoms with Gasteiger partial charge < -0.3 is 9.97 Å². The number of nitrogens with one attached hydrogen (secondary N) is 2. The third kappa shape index (κ3) is 3.29. The number of H-pyrrole nitrogens is 2. The molecule has 0 bridgehead atoms. The number of sulfone groups is 1. The molecule has 3 aromatic rings. The van der Waals surface area contributed by atoms with Crippen LogP contribution in [0, 0.1) is 0 Å². The van der Waals surface area contributed by atoms with Gasteiger partial charge >= 0.3 is 11.9 Å². The topological polar surface area (TPSA) is 105 Å². The van der Waals surface area contributed by atoms with Crippen LogP contribution in [0.1, 0.15) is 23.6 Å². The van der Waals surface area contributed by atoms with E-state index < -0.39 is 43.6 Å². The van der Waals surface area contributed by atoms with Crippen molar-refractivity contribution in [3.63, 3.8) is 0 Å². The van der Waals surface area contributed by atoms with Crippen molar-refractivity contribution >= 4 is 20.7 Å². The van der Waals surface area contributed by atoms with E-state index in [4.69, 9.17) is 0 Å². The lowest BCUT2D eigenvalue weighted by atomic mass is 10.1. The third-order valence-corrected chi connectivity index (χ3v) is 6.07. The highest BCUT2D eigenvalue weighted by atomic mass is 32.2. The van der Waals surface area contributed by atoms with Crippen molar-refractivity contribution in [2.24, 2.45) is 0 Å². The van der Waals surface area contributed by atoms with Crippen LogP contribution < -0.4 is 11.2 Å². The van der Waals surface area contributed by atoms with Crippen LogP contribution in [-0.4, -0.2) is 28.7 Å². The maximum absolute atomic E-state index is 13.0. The molecular formula is C16H14F3N3O4S. The number of alkyl halides is 3. The van der Waals surface area contributed by atoms with Crippen LogP contribution in [0.25, 0.3) is 10.9 Å². The SMILES string of the molecule is CCS(=O)(=O)C(c1ccc[nH]1)n1c(=O)[nH]c2ccc(C(F)(F)F)cc2c1=O. The summed E-state index contributed by atoms with van der Waals surface area (Å²) in [6.07, 6.45) is -3.29. The van der Waals surface area contributed by atoms with E-state index in [2.05, 4.69) is 9.97 Å². The Morgan fingerprint density at radius 3 is 2.44 bits per heavy atom. The zero-order valence-electron chi connectivity index (χ0n) is 13.9. The number of hydrogen-bond donors (Lipinski definition) is 2. The Balaban J connectivity index is 2.39. The summed E-state index contributed by atoms with van der Waals surface area (Å²) in [5, 5.41) is -2.13. The van der Waals surface area contributed by atoms with Crippen LogP contribution in [0.4, 0.5) is 13.2 Å². The first kappa shape index (κ1) is 19.0. The summed E-state index contributed by atoms with van der Waals surface area (Å²) >= 11 is 0.